The molecule has 0 bridgehead atoms. The number of nitrogens with one attached hydrogen (secondary N) is 1. The molecule has 1 aromatic rings. The normalized spacial score (nSPS) is 16.1. The van der Waals surface area contributed by atoms with Crippen LogP contribution < -0.4 is 5.32 Å². The first-order valence-electron chi connectivity index (χ1n) is 7.61. The van der Waals surface area contributed by atoms with E-state index in [0.29, 0.717) is 0 Å². The smallest absolute Gasteiger partial charge is 0.253 e. The fourth-order valence-corrected chi connectivity index (χ4v) is 2.82. The average Bonchev–Trinajstić information content (AvgIpc) is 2.47. The molecule has 1 fully saturated rings. The Morgan fingerprint density at radius 2 is 2.00 bits per heavy atom. The van der Waals surface area contributed by atoms with Crippen LogP contribution in [0.4, 0.5) is 0 Å². The van der Waals surface area contributed by atoms with Crippen LogP contribution in [-0.2, 0) is 0 Å². The summed E-state index contributed by atoms with van der Waals surface area (Å²) in [6, 6.07) is 6.09. The molecule has 3 nitrogen and oxygen atoms in total. The van der Waals surface area contributed by atoms with Gasteiger partial charge in [-0.2, -0.15) is 0 Å². The maximum absolute atomic E-state index is 12.5. The first kappa shape index (κ1) is 15.0. The van der Waals surface area contributed by atoms with Crippen LogP contribution in [0.15, 0.2) is 18.2 Å². The predicted molar refractivity (Wildman–Crippen MR) is 83.1 cm³/mol. The molecule has 0 saturated carbocycles. The third-order valence-electron chi connectivity index (χ3n) is 4.30. The molecule has 2 rings (SSSR count). The minimum absolute atomic E-state index is 0.153. The molecule has 1 aliphatic heterocycles. The van der Waals surface area contributed by atoms with E-state index in [4.69, 9.17) is 0 Å². The van der Waals surface area contributed by atoms with E-state index in [0.717, 1.165) is 48.7 Å². The van der Waals surface area contributed by atoms with Crippen LogP contribution in [-0.4, -0.2) is 37.5 Å². The molecule has 1 aromatic carbocycles. The lowest BCUT2D eigenvalue weighted by molar-refractivity contribution is 0.0783. The molecule has 0 spiro atoms. The van der Waals surface area contributed by atoms with E-state index in [1.807, 2.05) is 37.9 Å². The van der Waals surface area contributed by atoms with Gasteiger partial charge in [0.1, 0.15) is 0 Å². The van der Waals surface area contributed by atoms with Gasteiger partial charge in [0, 0.05) is 19.2 Å². The van der Waals surface area contributed by atoms with Gasteiger partial charge in [-0.3, -0.25) is 4.79 Å². The molecule has 0 radical (unpaired) electrons. The number of piperidine rings is 1. The van der Waals surface area contributed by atoms with Gasteiger partial charge in [0.25, 0.3) is 5.91 Å². The van der Waals surface area contributed by atoms with Crippen LogP contribution in [0.5, 0.6) is 0 Å². The maximum atomic E-state index is 12.5. The van der Waals surface area contributed by atoms with Gasteiger partial charge in [0.2, 0.25) is 0 Å². The number of rotatable bonds is 4. The Kier molecular flexibility index (Phi) is 5.18. The molecule has 1 saturated heterocycles. The molecule has 1 amide bonds. The van der Waals surface area contributed by atoms with Gasteiger partial charge in [-0.25, -0.2) is 0 Å². The van der Waals surface area contributed by atoms with Gasteiger partial charge in [-0.05, 0) is 63.7 Å². The Labute approximate surface area is 122 Å². The van der Waals surface area contributed by atoms with Gasteiger partial charge in [-0.15, -0.1) is 0 Å². The number of aryl methyl sites for hydroxylation is 2. The van der Waals surface area contributed by atoms with Crippen LogP contribution >= 0.6 is 0 Å². The third-order valence-corrected chi connectivity index (χ3v) is 4.30. The number of hydrogen-bond donors (Lipinski definition) is 1. The van der Waals surface area contributed by atoms with Crippen molar-refractivity contribution in [2.45, 2.75) is 33.1 Å². The van der Waals surface area contributed by atoms with Crippen molar-refractivity contribution in [2.24, 2.45) is 5.92 Å². The Morgan fingerprint density at radius 1 is 1.30 bits per heavy atom. The zero-order valence-electron chi connectivity index (χ0n) is 12.9. The summed E-state index contributed by atoms with van der Waals surface area (Å²) in [5, 5.41) is 3.38. The molecule has 1 aliphatic rings. The summed E-state index contributed by atoms with van der Waals surface area (Å²) >= 11 is 0. The van der Waals surface area contributed by atoms with Crippen molar-refractivity contribution in [3.05, 3.63) is 34.9 Å². The van der Waals surface area contributed by atoms with Crippen molar-refractivity contribution in [2.75, 3.05) is 26.7 Å². The van der Waals surface area contributed by atoms with E-state index in [-0.39, 0.29) is 5.91 Å². The van der Waals surface area contributed by atoms with Crippen molar-refractivity contribution in [1.82, 2.24) is 10.2 Å². The topological polar surface area (TPSA) is 32.3 Å². The molecule has 1 N–H and O–H groups in total. The zero-order chi connectivity index (χ0) is 14.5. The second-order valence-corrected chi connectivity index (χ2v) is 6.03. The van der Waals surface area contributed by atoms with E-state index in [1.165, 1.54) is 12.8 Å². The molecule has 0 aliphatic carbocycles. The SMILES string of the molecule is Cc1ccc(C)c(C(=O)N(C)CCC2CCNCC2)c1. The van der Waals surface area contributed by atoms with Crippen LogP contribution in [0.2, 0.25) is 0 Å². The first-order chi connectivity index (χ1) is 9.58. The molecule has 0 unspecified atom stereocenters. The maximum Gasteiger partial charge on any atom is 0.253 e. The minimum Gasteiger partial charge on any atom is -0.342 e. The van der Waals surface area contributed by atoms with Crippen LogP contribution in [0.25, 0.3) is 0 Å². The lowest BCUT2D eigenvalue weighted by Gasteiger charge is -2.25. The number of nitrogens with zero attached hydrogens (tertiary/aromatic N) is 1. The molecule has 20 heavy (non-hydrogen) atoms. The van der Waals surface area contributed by atoms with Crippen LogP contribution in [0.1, 0.15) is 40.7 Å². The summed E-state index contributed by atoms with van der Waals surface area (Å²) in [6.07, 6.45) is 3.60. The number of benzene rings is 1. The third kappa shape index (κ3) is 3.83. The van der Waals surface area contributed by atoms with E-state index in [2.05, 4.69) is 11.4 Å². The highest BCUT2D eigenvalue weighted by Gasteiger charge is 2.17. The molecule has 0 aromatic heterocycles. The molecular weight excluding hydrogens is 248 g/mol. The fraction of sp³-hybridized carbons (Fsp3) is 0.588. The summed E-state index contributed by atoms with van der Waals surface area (Å²) in [5.41, 5.74) is 3.05. The number of carbonyl (C=O) groups is 1. The second kappa shape index (κ2) is 6.89. The Morgan fingerprint density at radius 3 is 2.70 bits per heavy atom. The highest BCUT2D eigenvalue weighted by molar-refractivity contribution is 5.95. The van der Waals surface area contributed by atoms with Gasteiger partial charge < -0.3 is 10.2 Å². The number of hydrogen-bond acceptors (Lipinski definition) is 2. The molecule has 3 heteroatoms. The largest absolute Gasteiger partial charge is 0.342 e. The van der Waals surface area contributed by atoms with Gasteiger partial charge in [0.15, 0.2) is 0 Å². The van der Waals surface area contributed by atoms with E-state index in [9.17, 15) is 4.79 Å². The molecular formula is C17H26N2O. The second-order valence-electron chi connectivity index (χ2n) is 6.03. The lowest BCUT2D eigenvalue weighted by atomic mass is 9.94. The molecule has 0 atom stereocenters. The van der Waals surface area contributed by atoms with E-state index < -0.39 is 0 Å². The standard InChI is InChI=1S/C17H26N2O/c1-13-4-5-14(2)16(12-13)17(20)19(3)11-8-15-6-9-18-10-7-15/h4-5,12,15,18H,6-11H2,1-3H3. The monoisotopic (exact) mass is 274 g/mol. The molecule has 1 heterocycles. The predicted octanol–water partition coefficient (Wildman–Crippen LogP) is 2.77. The summed E-state index contributed by atoms with van der Waals surface area (Å²) in [5.74, 6) is 0.922. The fourth-order valence-electron chi connectivity index (χ4n) is 2.82. The summed E-state index contributed by atoms with van der Waals surface area (Å²) in [7, 11) is 1.92. The van der Waals surface area contributed by atoms with Crippen molar-refractivity contribution < 1.29 is 4.79 Å². The Bertz CT molecular complexity index is 464. The highest BCUT2D eigenvalue weighted by atomic mass is 16.2. The minimum atomic E-state index is 0.153. The van der Waals surface area contributed by atoms with Gasteiger partial charge >= 0.3 is 0 Å². The van der Waals surface area contributed by atoms with Crippen LogP contribution in [0.3, 0.4) is 0 Å². The van der Waals surface area contributed by atoms with Crippen molar-refractivity contribution >= 4 is 5.91 Å². The lowest BCUT2D eigenvalue weighted by Crippen LogP contribution is -2.32. The van der Waals surface area contributed by atoms with Crippen molar-refractivity contribution in [3.63, 3.8) is 0 Å². The van der Waals surface area contributed by atoms with E-state index in [1.54, 1.807) is 0 Å². The number of amides is 1. The summed E-state index contributed by atoms with van der Waals surface area (Å²) < 4.78 is 0. The summed E-state index contributed by atoms with van der Waals surface area (Å²) in [6.45, 7) is 7.15. The van der Waals surface area contributed by atoms with Gasteiger partial charge in [0.05, 0.1) is 0 Å². The summed E-state index contributed by atoms with van der Waals surface area (Å²) in [4.78, 5) is 14.4. The molecule has 110 valence electrons. The van der Waals surface area contributed by atoms with Crippen LogP contribution in [0, 0.1) is 19.8 Å². The Balaban J connectivity index is 1.92. The van der Waals surface area contributed by atoms with Gasteiger partial charge in [-0.1, -0.05) is 17.7 Å². The highest BCUT2D eigenvalue weighted by Crippen LogP contribution is 2.18. The quantitative estimate of drug-likeness (QED) is 0.915. The Hall–Kier alpha value is -1.35. The number of carbonyl (C=O) groups excluding carboxylic acids is 1. The van der Waals surface area contributed by atoms with E-state index >= 15 is 0 Å². The first-order valence-corrected chi connectivity index (χ1v) is 7.61. The zero-order valence-corrected chi connectivity index (χ0v) is 12.9. The average molecular weight is 274 g/mol. The van der Waals surface area contributed by atoms with Crippen molar-refractivity contribution in [3.8, 4) is 0 Å². The van der Waals surface area contributed by atoms with Crippen molar-refractivity contribution in [1.29, 1.82) is 0 Å².